The summed E-state index contributed by atoms with van der Waals surface area (Å²) in [6.07, 6.45) is 1.69. The highest BCUT2D eigenvalue weighted by Crippen LogP contribution is 2.34. The quantitative estimate of drug-likeness (QED) is 0.925. The molecule has 3 nitrogen and oxygen atoms in total. The first-order chi connectivity index (χ1) is 9.81. The standard InChI is InChI=1S/C18H28N2O/c1-5-13-6-8-14(9-7-13)16(19)12-20-11-15(10-17(20)21)18(2,3)4/h6-9,15-16H,5,10-12,19H2,1-4H3. The summed E-state index contributed by atoms with van der Waals surface area (Å²) in [5.74, 6) is 0.676. The number of likely N-dealkylation sites (tertiary alicyclic amines) is 1. The summed E-state index contributed by atoms with van der Waals surface area (Å²) in [5, 5.41) is 0. The molecule has 1 fully saturated rings. The third-order valence-corrected chi connectivity index (χ3v) is 4.67. The minimum absolute atomic E-state index is 0.0985. The highest BCUT2D eigenvalue weighted by Gasteiger charge is 2.37. The van der Waals surface area contributed by atoms with Crippen LogP contribution in [0.4, 0.5) is 0 Å². The second kappa shape index (κ2) is 6.18. The molecule has 0 spiro atoms. The smallest absolute Gasteiger partial charge is 0.223 e. The molecule has 2 N–H and O–H groups in total. The van der Waals surface area contributed by atoms with Gasteiger partial charge >= 0.3 is 0 Å². The highest BCUT2D eigenvalue weighted by atomic mass is 16.2. The van der Waals surface area contributed by atoms with Gasteiger partial charge in [0.2, 0.25) is 5.91 Å². The van der Waals surface area contributed by atoms with Crippen molar-refractivity contribution in [1.82, 2.24) is 4.90 Å². The fourth-order valence-electron chi connectivity index (χ4n) is 2.87. The van der Waals surface area contributed by atoms with Crippen LogP contribution < -0.4 is 5.73 Å². The first-order valence-corrected chi connectivity index (χ1v) is 7.93. The molecule has 0 saturated carbocycles. The van der Waals surface area contributed by atoms with Crippen molar-refractivity contribution in [2.45, 2.75) is 46.6 Å². The highest BCUT2D eigenvalue weighted by molar-refractivity contribution is 5.78. The number of carbonyl (C=O) groups is 1. The Bertz CT molecular complexity index is 487. The van der Waals surface area contributed by atoms with E-state index in [-0.39, 0.29) is 17.4 Å². The van der Waals surface area contributed by atoms with Crippen molar-refractivity contribution in [2.75, 3.05) is 13.1 Å². The average molecular weight is 288 g/mol. The lowest BCUT2D eigenvalue weighted by Gasteiger charge is -2.27. The molecule has 0 aromatic heterocycles. The maximum Gasteiger partial charge on any atom is 0.223 e. The average Bonchev–Trinajstić information content (AvgIpc) is 2.80. The number of amides is 1. The van der Waals surface area contributed by atoms with Gasteiger partial charge in [-0.15, -0.1) is 0 Å². The number of carbonyl (C=O) groups excluding carboxylic acids is 1. The van der Waals surface area contributed by atoms with Crippen LogP contribution in [0.1, 0.15) is 51.3 Å². The molecule has 1 saturated heterocycles. The van der Waals surface area contributed by atoms with Crippen LogP contribution in [0.2, 0.25) is 0 Å². The molecule has 0 bridgehead atoms. The Morgan fingerprint density at radius 2 is 1.90 bits per heavy atom. The lowest BCUT2D eigenvalue weighted by molar-refractivity contribution is -0.128. The number of nitrogens with zero attached hydrogens (tertiary/aromatic N) is 1. The fraction of sp³-hybridized carbons (Fsp3) is 0.611. The molecule has 1 aliphatic rings. The normalized spacial score (nSPS) is 20.9. The lowest BCUT2D eigenvalue weighted by atomic mass is 9.80. The summed E-state index contributed by atoms with van der Waals surface area (Å²) >= 11 is 0. The van der Waals surface area contributed by atoms with E-state index >= 15 is 0 Å². The van der Waals surface area contributed by atoms with Gasteiger partial charge in [-0.25, -0.2) is 0 Å². The van der Waals surface area contributed by atoms with E-state index in [4.69, 9.17) is 5.73 Å². The van der Waals surface area contributed by atoms with Gasteiger partial charge in [-0.1, -0.05) is 52.0 Å². The molecule has 21 heavy (non-hydrogen) atoms. The van der Waals surface area contributed by atoms with Crippen LogP contribution in [0.25, 0.3) is 0 Å². The number of hydrogen-bond donors (Lipinski definition) is 1. The lowest BCUT2D eigenvalue weighted by Crippen LogP contribution is -2.34. The molecule has 116 valence electrons. The van der Waals surface area contributed by atoms with E-state index < -0.39 is 0 Å². The first kappa shape index (κ1) is 16.0. The zero-order valence-corrected chi connectivity index (χ0v) is 13.7. The van der Waals surface area contributed by atoms with Gasteiger partial charge in [-0.3, -0.25) is 4.79 Å². The van der Waals surface area contributed by atoms with Crippen molar-refractivity contribution in [1.29, 1.82) is 0 Å². The second-order valence-corrected chi connectivity index (χ2v) is 7.27. The first-order valence-electron chi connectivity index (χ1n) is 7.93. The molecule has 3 heteroatoms. The Labute approximate surface area is 128 Å². The van der Waals surface area contributed by atoms with Gasteiger partial charge in [-0.05, 0) is 28.9 Å². The van der Waals surface area contributed by atoms with Gasteiger partial charge in [0.05, 0.1) is 0 Å². The maximum absolute atomic E-state index is 12.2. The Morgan fingerprint density at radius 3 is 2.38 bits per heavy atom. The fourth-order valence-corrected chi connectivity index (χ4v) is 2.87. The number of benzene rings is 1. The van der Waals surface area contributed by atoms with Crippen molar-refractivity contribution in [3.8, 4) is 0 Å². The molecule has 2 atom stereocenters. The summed E-state index contributed by atoms with van der Waals surface area (Å²) in [6, 6.07) is 8.33. The molecular weight excluding hydrogens is 260 g/mol. The van der Waals surface area contributed by atoms with E-state index in [1.807, 2.05) is 4.90 Å². The van der Waals surface area contributed by atoms with Crippen LogP contribution in [0.3, 0.4) is 0 Å². The zero-order chi connectivity index (χ0) is 15.6. The van der Waals surface area contributed by atoms with E-state index in [1.54, 1.807) is 0 Å². The Hall–Kier alpha value is -1.35. The van der Waals surface area contributed by atoms with Crippen LogP contribution in [0.15, 0.2) is 24.3 Å². The molecule has 2 unspecified atom stereocenters. The third kappa shape index (κ3) is 3.85. The molecule has 1 heterocycles. The van der Waals surface area contributed by atoms with Crippen LogP contribution in [0.5, 0.6) is 0 Å². The van der Waals surface area contributed by atoms with Gasteiger partial charge < -0.3 is 10.6 Å². The molecule has 1 aliphatic heterocycles. The summed E-state index contributed by atoms with van der Waals surface area (Å²) in [4.78, 5) is 14.1. The number of nitrogens with two attached hydrogens (primary N) is 1. The van der Waals surface area contributed by atoms with Gasteiger partial charge in [0, 0.05) is 25.6 Å². The predicted molar refractivity (Wildman–Crippen MR) is 86.9 cm³/mol. The van der Waals surface area contributed by atoms with Gasteiger partial charge in [0.25, 0.3) is 0 Å². The molecule has 1 aromatic carbocycles. The summed E-state index contributed by atoms with van der Waals surface area (Å²) < 4.78 is 0. The van der Waals surface area contributed by atoms with E-state index in [1.165, 1.54) is 5.56 Å². The van der Waals surface area contributed by atoms with E-state index in [2.05, 4.69) is 52.0 Å². The molecule has 2 rings (SSSR count). The second-order valence-electron chi connectivity index (χ2n) is 7.27. The zero-order valence-electron chi connectivity index (χ0n) is 13.7. The Kier molecular flexibility index (Phi) is 4.72. The largest absolute Gasteiger partial charge is 0.340 e. The molecular formula is C18H28N2O. The predicted octanol–water partition coefficient (Wildman–Crippen LogP) is 3.14. The maximum atomic E-state index is 12.2. The van der Waals surface area contributed by atoms with E-state index in [0.717, 1.165) is 18.5 Å². The van der Waals surface area contributed by atoms with E-state index in [9.17, 15) is 4.79 Å². The number of aryl methyl sites for hydroxylation is 1. The number of hydrogen-bond acceptors (Lipinski definition) is 2. The molecule has 0 radical (unpaired) electrons. The monoisotopic (exact) mass is 288 g/mol. The van der Waals surface area contributed by atoms with Crippen LogP contribution in [-0.2, 0) is 11.2 Å². The van der Waals surface area contributed by atoms with Crippen molar-refractivity contribution in [2.24, 2.45) is 17.1 Å². The third-order valence-electron chi connectivity index (χ3n) is 4.67. The Morgan fingerprint density at radius 1 is 1.29 bits per heavy atom. The van der Waals surface area contributed by atoms with Crippen molar-refractivity contribution >= 4 is 5.91 Å². The summed E-state index contributed by atoms with van der Waals surface area (Å²) in [7, 11) is 0. The van der Waals surface area contributed by atoms with Crippen LogP contribution >= 0.6 is 0 Å². The van der Waals surface area contributed by atoms with Crippen LogP contribution in [-0.4, -0.2) is 23.9 Å². The molecule has 0 aliphatic carbocycles. The minimum Gasteiger partial charge on any atom is -0.340 e. The van der Waals surface area contributed by atoms with E-state index in [0.29, 0.717) is 18.9 Å². The molecule has 1 amide bonds. The minimum atomic E-state index is -0.0985. The Balaban J connectivity index is 1.99. The van der Waals surface area contributed by atoms with Gasteiger partial charge in [-0.2, -0.15) is 0 Å². The van der Waals surface area contributed by atoms with Crippen molar-refractivity contribution in [3.63, 3.8) is 0 Å². The van der Waals surface area contributed by atoms with Crippen LogP contribution in [0, 0.1) is 11.3 Å². The van der Waals surface area contributed by atoms with Gasteiger partial charge in [0.1, 0.15) is 0 Å². The summed E-state index contributed by atoms with van der Waals surface area (Å²) in [6.45, 7) is 10.2. The number of rotatable bonds is 4. The SMILES string of the molecule is CCc1ccc(C(N)CN2CC(C(C)(C)C)CC2=O)cc1. The van der Waals surface area contributed by atoms with Crippen molar-refractivity contribution < 1.29 is 4.79 Å². The topological polar surface area (TPSA) is 46.3 Å². The van der Waals surface area contributed by atoms with Gasteiger partial charge in [0.15, 0.2) is 0 Å². The summed E-state index contributed by atoms with van der Waals surface area (Å²) in [5.41, 5.74) is 8.89. The van der Waals surface area contributed by atoms with Crippen molar-refractivity contribution in [3.05, 3.63) is 35.4 Å². The molecule has 1 aromatic rings.